The molecule has 0 amide bonds. The lowest BCUT2D eigenvalue weighted by molar-refractivity contribution is 0.270. The van der Waals surface area contributed by atoms with E-state index in [2.05, 4.69) is 40.9 Å². The number of hydrogen-bond donors (Lipinski definition) is 0. The molecular weight excluding hydrogens is 260 g/mol. The maximum Gasteiger partial charge on any atom is 0.155 e. The van der Waals surface area contributed by atoms with E-state index in [0.717, 1.165) is 30.0 Å². The molecule has 1 aliphatic rings. The van der Waals surface area contributed by atoms with E-state index in [0.29, 0.717) is 11.2 Å². The molecule has 106 valence electrons. The molecule has 2 heterocycles. The normalized spacial score (nSPS) is 19.9. The van der Waals surface area contributed by atoms with E-state index in [1.807, 2.05) is 6.92 Å². The smallest absolute Gasteiger partial charge is 0.155 e. The minimum absolute atomic E-state index is 0.505. The first kappa shape index (κ1) is 14.5. The fourth-order valence-corrected chi connectivity index (χ4v) is 3.03. The number of likely N-dealkylation sites (tertiary alicyclic amines) is 1. The van der Waals surface area contributed by atoms with Crippen molar-refractivity contribution in [3.63, 3.8) is 0 Å². The van der Waals surface area contributed by atoms with Crippen LogP contribution in [0.2, 0.25) is 5.15 Å². The summed E-state index contributed by atoms with van der Waals surface area (Å²) in [6.07, 6.45) is 2.58. The van der Waals surface area contributed by atoms with Crippen LogP contribution in [0, 0.1) is 13.8 Å². The van der Waals surface area contributed by atoms with Gasteiger partial charge in [-0.3, -0.25) is 4.90 Å². The highest BCUT2D eigenvalue weighted by atomic mass is 35.5. The molecule has 0 spiro atoms. The van der Waals surface area contributed by atoms with Crippen molar-refractivity contribution in [3.8, 4) is 0 Å². The van der Waals surface area contributed by atoms with Crippen molar-refractivity contribution in [1.82, 2.24) is 15.1 Å². The lowest BCUT2D eigenvalue weighted by Crippen LogP contribution is -2.39. The van der Waals surface area contributed by atoms with Gasteiger partial charge in [0, 0.05) is 19.6 Å². The fourth-order valence-electron chi connectivity index (χ4n) is 2.85. The average molecular weight is 283 g/mol. The molecule has 1 aliphatic heterocycles. The van der Waals surface area contributed by atoms with E-state index in [9.17, 15) is 0 Å². The predicted octanol–water partition coefficient (Wildman–Crippen LogP) is 2.67. The van der Waals surface area contributed by atoms with Gasteiger partial charge in [-0.2, -0.15) is 0 Å². The van der Waals surface area contributed by atoms with Gasteiger partial charge in [-0.15, -0.1) is 10.2 Å². The predicted molar refractivity (Wildman–Crippen MR) is 80.1 cm³/mol. The second-order valence-corrected chi connectivity index (χ2v) is 5.73. The van der Waals surface area contributed by atoms with Crippen molar-refractivity contribution < 1.29 is 0 Å². The number of halogens is 1. The van der Waals surface area contributed by atoms with Crippen molar-refractivity contribution in [3.05, 3.63) is 16.3 Å². The molecule has 2 rings (SSSR count). The number of hydrogen-bond acceptors (Lipinski definition) is 4. The van der Waals surface area contributed by atoms with Crippen LogP contribution in [0.4, 0.5) is 5.82 Å². The first-order valence-corrected chi connectivity index (χ1v) is 7.37. The summed E-state index contributed by atoms with van der Waals surface area (Å²) in [5.74, 6) is 0.949. The Labute approximate surface area is 120 Å². The van der Waals surface area contributed by atoms with E-state index < -0.39 is 0 Å². The summed E-state index contributed by atoms with van der Waals surface area (Å²) in [6.45, 7) is 9.65. The molecule has 0 radical (unpaired) electrons. The molecule has 1 unspecified atom stereocenters. The zero-order valence-electron chi connectivity index (χ0n) is 12.3. The van der Waals surface area contributed by atoms with E-state index in [4.69, 9.17) is 11.6 Å². The third-order valence-electron chi connectivity index (χ3n) is 4.19. The van der Waals surface area contributed by atoms with Crippen LogP contribution in [-0.4, -0.2) is 47.8 Å². The van der Waals surface area contributed by atoms with E-state index >= 15 is 0 Å². The van der Waals surface area contributed by atoms with Crippen LogP contribution in [0.3, 0.4) is 0 Å². The van der Waals surface area contributed by atoms with Crippen LogP contribution in [-0.2, 0) is 0 Å². The molecule has 5 heteroatoms. The number of rotatable bonds is 4. The second kappa shape index (κ2) is 6.06. The zero-order chi connectivity index (χ0) is 14.0. The summed E-state index contributed by atoms with van der Waals surface area (Å²) in [4.78, 5) is 4.76. The quantitative estimate of drug-likeness (QED) is 0.850. The third-order valence-corrected chi connectivity index (χ3v) is 4.55. The molecule has 1 fully saturated rings. The topological polar surface area (TPSA) is 32.3 Å². The molecule has 4 nitrogen and oxygen atoms in total. The van der Waals surface area contributed by atoms with Crippen LogP contribution in [0.5, 0.6) is 0 Å². The third kappa shape index (κ3) is 3.00. The minimum Gasteiger partial charge on any atom is -0.356 e. The standard InChI is InChI=1S/C14H23ClN4/c1-5-19-8-6-7-12(19)9-18(4)14-11(3)10(2)13(15)16-17-14/h12H,5-9H2,1-4H3. The van der Waals surface area contributed by atoms with Gasteiger partial charge in [-0.25, -0.2) is 0 Å². The Balaban J connectivity index is 2.12. The van der Waals surface area contributed by atoms with Crippen LogP contribution in [0.15, 0.2) is 0 Å². The first-order chi connectivity index (χ1) is 9.04. The van der Waals surface area contributed by atoms with Crippen molar-refractivity contribution in [2.24, 2.45) is 0 Å². The van der Waals surface area contributed by atoms with Gasteiger partial charge in [-0.05, 0) is 50.9 Å². The highest BCUT2D eigenvalue weighted by molar-refractivity contribution is 6.30. The van der Waals surface area contributed by atoms with Gasteiger partial charge >= 0.3 is 0 Å². The van der Waals surface area contributed by atoms with Crippen LogP contribution < -0.4 is 4.90 Å². The molecule has 1 saturated heterocycles. The Kier molecular flexibility index (Phi) is 4.63. The largest absolute Gasteiger partial charge is 0.356 e. The van der Waals surface area contributed by atoms with Crippen molar-refractivity contribution in [2.75, 3.05) is 31.6 Å². The highest BCUT2D eigenvalue weighted by Gasteiger charge is 2.25. The van der Waals surface area contributed by atoms with Gasteiger partial charge in [-0.1, -0.05) is 18.5 Å². The molecule has 1 aromatic heterocycles. The minimum atomic E-state index is 0.505. The summed E-state index contributed by atoms with van der Waals surface area (Å²) in [7, 11) is 2.09. The average Bonchev–Trinajstić information content (AvgIpc) is 2.83. The molecule has 1 atom stereocenters. The monoisotopic (exact) mass is 282 g/mol. The molecule has 0 bridgehead atoms. The van der Waals surface area contributed by atoms with Crippen molar-refractivity contribution >= 4 is 17.4 Å². The Hall–Kier alpha value is -0.870. The van der Waals surface area contributed by atoms with Crippen molar-refractivity contribution in [2.45, 2.75) is 39.7 Å². The molecule has 0 aromatic carbocycles. The number of nitrogens with zero attached hydrogens (tertiary/aromatic N) is 4. The Bertz CT molecular complexity index is 449. The summed E-state index contributed by atoms with van der Waals surface area (Å²) < 4.78 is 0. The highest BCUT2D eigenvalue weighted by Crippen LogP contribution is 2.25. The molecule has 19 heavy (non-hydrogen) atoms. The van der Waals surface area contributed by atoms with Crippen LogP contribution in [0.25, 0.3) is 0 Å². The summed E-state index contributed by atoms with van der Waals surface area (Å²) in [5, 5.41) is 8.80. The SMILES string of the molecule is CCN1CCCC1CN(C)c1nnc(Cl)c(C)c1C. The van der Waals surface area contributed by atoms with Crippen LogP contribution in [0.1, 0.15) is 30.9 Å². The second-order valence-electron chi connectivity index (χ2n) is 5.37. The number of anilines is 1. The molecule has 0 saturated carbocycles. The Morgan fingerprint density at radius 3 is 2.74 bits per heavy atom. The van der Waals surface area contributed by atoms with Gasteiger partial charge in [0.15, 0.2) is 11.0 Å². The summed E-state index contributed by atoms with van der Waals surface area (Å²) in [5.41, 5.74) is 2.15. The van der Waals surface area contributed by atoms with Crippen molar-refractivity contribution in [1.29, 1.82) is 0 Å². The molecule has 1 aromatic rings. The van der Waals surface area contributed by atoms with Crippen LogP contribution >= 0.6 is 11.6 Å². The lowest BCUT2D eigenvalue weighted by atomic mass is 10.1. The van der Waals surface area contributed by atoms with Gasteiger partial charge in [0.05, 0.1) is 0 Å². The van der Waals surface area contributed by atoms with Gasteiger partial charge in [0.1, 0.15) is 0 Å². The van der Waals surface area contributed by atoms with Gasteiger partial charge in [0.2, 0.25) is 0 Å². The number of aromatic nitrogens is 2. The zero-order valence-corrected chi connectivity index (χ0v) is 13.0. The van der Waals surface area contributed by atoms with E-state index in [1.54, 1.807) is 0 Å². The maximum atomic E-state index is 6.01. The Morgan fingerprint density at radius 1 is 1.32 bits per heavy atom. The molecular formula is C14H23ClN4. The maximum absolute atomic E-state index is 6.01. The first-order valence-electron chi connectivity index (χ1n) is 6.99. The van der Waals surface area contributed by atoms with E-state index in [-0.39, 0.29) is 0 Å². The molecule has 0 N–H and O–H groups in total. The number of likely N-dealkylation sites (N-methyl/N-ethyl adjacent to an activating group) is 2. The van der Waals surface area contributed by atoms with E-state index in [1.165, 1.54) is 19.4 Å². The fraction of sp³-hybridized carbons (Fsp3) is 0.714. The lowest BCUT2D eigenvalue weighted by Gasteiger charge is -2.29. The summed E-state index contributed by atoms with van der Waals surface area (Å²) in [6, 6.07) is 0.632. The Morgan fingerprint density at radius 2 is 2.05 bits per heavy atom. The molecule has 0 aliphatic carbocycles. The van der Waals surface area contributed by atoms with Gasteiger partial charge < -0.3 is 4.90 Å². The van der Waals surface area contributed by atoms with Gasteiger partial charge in [0.25, 0.3) is 0 Å². The summed E-state index contributed by atoms with van der Waals surface area (Å²) >= 11 is 6.01.